The number of nitrogens with zero attached hydrogens (tertiary/aromatic N) is 1. The van der Waals surface area contributed by atoms with E-state index >= 15 is 0 Å². The Bertz CT molecular complexity index is 825. The van der Waals surface area contributed by atoms with Crippen LogP contribution < -0.4 is 15.2 Å². The number of thioether (sulfide) groups is 1. The van der Waals surface area contributed by atoms with Crippen molar-refractivity contribution in [1.82, 2.24) is 9.97 Å². The van der Waals surface area contributed by atoms with Crippen LogP contribution >= 0.6 is 11.8 Å². The SMILES string of the molecule is COc1cc2nc(SCc3c(C)cc(C)cc3N)[nH]c2cc1OC. The van der Waals surface area contributed by atoms with Crippen molar-refractivity contribution in [2.75, 3.05) is 20.0 Å². The number of hydrogen-bond donors (Lipinski definition) is 2. The van der Waals surface area contributed by atoms with E-state index in [-0.39, 0.29) is 0 Å². The summed E-state index contributed by atoms with van der Waals surface area (Å²) < 4.78 is 10.7. The van der Waals surface area contributed by atoms with E-state index in [1.807, 2.05) is 18.2 Å². The lowest BCUT2D eigenvalue weighted by Crippen LogP contribution is -1.97. The molecule has 126 valence electrons. The number of H-pyrrole nitrogens is 1. The molecule has 3 N–H and O–H groups in total. The topological polar surface area (TPSA) is 73.2 Å². The van der Waals surface area contributed by atoms with Gasteiger partial charge in [-0.05, 0) is 36.6 Å². The highest BCUT2D eigenvalue weighted by molar-refractivity contribution is 7.98. The number of ether oxygens (including phenoxy) is 2. The van der Waals surface area contributed by atoms with Gasteiger partial charge in [0.05, 0.1) is 25.3 Å². The van der Waals surface area contributed by atoms with E-state index in [1.165, 1.54) is 11.1 Å². The molecule has 1 aromatic heterocycles. The fraction of sp³-hybridized carbons (Fsp3) is 0.278. The zero-order chi connectivity index (χ0) is 17.3. The van der Waals surface area contributed by atoms with Gasteiger partial charge >= 0.3 is 0 Å². The quantitative estimate of drug-likeness (QED) is 0.539. The van der Waals surface area contributed by atoms with Crippen LogP contribution in [-0.2, 0) is 5.75 Å². The van der Waals surface area contributed by atoms with Crippen LogP contribution in [0.15, 0.2) is 29.4 Å². The fourth-order valence-electron chi connectivity index (χ4n) is 2.75. The predicted octanol–water partition coefficient (Wildman–Crippen LogP) is 4.07. The minimum absolute atomic E-state index is 0.673. The highest BCUT2D eigenvalue weighted by Crippen LogP contribution is 2.33. The van der Waals surface area contributed by atoms with E-state index in [9.17, 15) is 0 Å². The summed E-state index contributed by atoms with van der Waals surface area (Å²) in [6, 6.07) is 7.94. The van der Waals surface area contributed by atoms with Gasteiger partial charge in [-0.15, -0.1) is 0 Å². The molecule has 6 heteroatoms. The zero-order valence-corrected chi connectivity index (χ0v) is 15.1. The molecule has 0 spiro atoms. The Morgan fingerprint density at radius 2 is 1.79 bits per heavy atom. The molecule has 0 atom stereocenters. The second-order valence-electron chi connectivity index (χ2n) is 5.70. The molecular weight excluding hydrogens is 322 g/mol. The molecule has 0 amide bonds. The van der Waals surface area contributed by atoms with Crippen LogP contribution in [-0.4, -0.2) is 24.2 Å². The number of nitrogens with one attached hydrogen (secondary N) is 1. The van der Waals surface area contributed by atoms with Crippen LogP contribution in [0.25, 0.3) is 11.0 Å². The minimum Gasteiger partial charge on any atom is -0.493 e. The first-order valence-corrected chi connectivity index (χ1v) is 8.60. The van der Waals surface area contributed by atoms with Crippen molar-refractivity contribution in [2.24, 2.45) is 0 Å². The van der Waals surface area contributed by atoms with Gasteiger partial charge in [0.25, 0.3) is 0 Å². The molecule has 0 aliphatic heterocycles. The summed E-state index contributed by atoms with van der Waals surface area (Å²) in [5.74, 6) is 2.13. The number of rotatable bonds is 5. The maximum absolute atomic E-state index is 6.16. The highest BCUT2D eigenvalue weighted by Gasteiger charge is 2.11. The molecular formula is C18H21N3O2S. The van der Waals surface area contributed by atoms with Crippen LogP contribution in [0.2, 0.25) is 0 Å². The molecule has 0 aliphatic carbocycles. The molecule has 0 unspecified atom stereocenters. The summed E-state index contributed by atoms with van der Waals surface area (Å²) >= 11 is 1.63. The lowest BCUT2D eigenvalue weighted by molar-refractivity contribution is 0.356. The van der Waals surface area contributed by atoms with Crippen molar-refractivity contribution in [2.45, 2.75) is 24.8 Å². The summed E-state index contributed by atoms with van der Waals surface area (Å²) in [5, 5.41) is 0.847. The number of fused-ring (bicyclic) bond motifs is 1. The van der Waals surface area contributed by atoms with E-state index in [0.29, 0.717) is 11.5 Å². The molecule has 24 heavy (non-hydrogen) atoms. The molecule has 3 rings (SSSR count). The van der Waals surface area contributed by atoms with Crippen molar-refractivity contribution in [3.63, 3.8) is 0 Å². The lowest BCUT2D eigenvalue weighted by atomic mass is 10.1. The number of anilines is 1. The zero-order valence-electron chi connectivity index (χ0n) is 14.3. The number of benzene rings is 2. The molecule has 0 radical (unpaired) electrons. The second-order valence-corrected chi connectivity index (χ2v) is 6.67. The van der Waals surface area contributed by atoms with Crippen molar-refractivity contribution < 1.29 is 9.47 Å². The Morgan fingerprint density at radius 3 is 2.46 bits per heavy atom. The number of nitrogens with two attached hydrogens (primary N) is 1. The third kappa shape index (κ3) is 3.14. The van der Waals surface area contributed by atoms with Crippen LogP contribution in [0.1, 0.15) is 16.7 Å². The molecule has 2 aromatic carbocycles. The Morgan fingerprint density at radius 1 is 1.08 bits per heavy atom. The van der Waals surface area contributed by atoms with Gasteiger partial charge in [-0.25, -0.2) is 4.98 Å². The highest BCUT2D eigenvalue weighted by atomic mass is 32.2. The van der Waals surface area contributed by atoms with E-state index < -0.39 is 0 Å². The third-order valence-electron chi connectivity index (χ3n) is 3.97. The Labute approximate surface area is 145 Å². The standard InChI is InChI=1S/C18H21N3O2S/c1-10-5-11(2)12(13(19)6-10)9-24-18-20-14-7-16(22-3)17(23-4)8-15(14)21-18/h5-8H,9,19H2,1-4H3,(H,20,21). The van der Waals surface area contributed by atoms with Crippen LogP contribution in [0.4, 0.5) is 5.69 Å². The van der Waals surface area contributed by atoms with Gasteiger partial charge in [-0.3, -0.25) is 0 Å². The number of hydrogen-bond acceptors (Lipinski definition) is 5. The van der Waals surface area contributed by atoms with Gasteiger partial charge < -0.3 is 20.2 Å². The summed E-state index contributed by atoms with van der Waals surface area (Å²) in [7, 11) is 3.24. The number of aryl methyl sites for hydroxylation is 2. The number of aromatic nitrogens is 2. The largest absolute Gasteiger partial charge is 0.493 e. The van der Waals surface area contributed by atoms with Crippen LogP contribution in [0.3, 0.4) is 0 Å². The van der Waals surface area contributed by atoms with E-state index in [1.54, 1.807) is 26.0 Å². The molecule has 0 fully saturated rings. The van der Waals surface area contributed by atoms with E-state index in [4.69, 9.17) is 15.2 Å². The smallest absolute Gasteiger partial charge is 0.166 e. The lowest BCUT2D eigenvalue weighted by Gasteiger charge is -2.09. The van der Waals surface area contributed by atoms with Crippen molar-refractivity contribution in [3.8, 4) is 11.5 Å². The fourth-order valence-corrected chi connectivity index (χ4v) is 3.77. The predicted molar refractivity (Wildman–Crippen MR) is 99.1 cm³/mol. The van der Waals surface area contributed by atoms with Gasteiger partial charge in [-0.1, -0.05) is 17.8 Å². The Kier molecular flexibility index (Phi) is 4.57. The summed E-state index contributed by atoms with van der Waals surface area (Å²) in [6.07, 6.45) is 0. The maximum atomic E-state index is 6.16. The molecule has 0 saturated heterocycles. The van der Waals surface area contributed by atoms with Gasteiger partial charge in [0, 0.05) is 23.6 Å². The summed E-state index contributed by atoms with van der Waals surface area (Å²) in [5.41, 5.74) is 12.3. The first-order chi connectivity index (χ1) is 11.5. The first-order valence-electron chi connectivity index (χ1n) is 7.62. The van der Waals surface area contributed by atoms with Gasteiger partial charge in [0.1, 0.15) is 0 Å². The number of imidazole rings is 1. The minimum atomic E-state index is 0.673. The molecule has 3 aromatic rings. The van der Waals surface area contributed by atoms with E-state index in [0.717, 1.165) is 33.2 Å². The molecule has 0 aliphatic rings. The van der Waals surface area contributed by atoms with Gasteiger partial charge in [0.2, 0.25) is 0 Å². The maximum Gasteiger partial charge on any atom is 0.166 e. The van der Waals surface area contributed by atoms with Gasteiger partial charge in [-0.2, -0.15) is 0 Å². The molecule has 0 bridgehead atoms. The third-order valence-corrected chi connectivity index (χ3v) is 4.87. The number of aromatic amines is 1. The summed E-state index contributed by atoms with van der Waals surface area (Å²) in [4.78, 5) is 7.94. The average molecular weight is 343 g/mol. The number of methoxy groups -OCH3 is 2. The van der Waals surface area contributed by atoms with Gasteiger partial charge in [0.15, 0.2) is 16.7 Å². The van der Waals surface area contributed by atoms with Crippen molar-refractivity contribution in [3.05, 3.63) is 41.0 Å². The van der Waals surface area contributed by atoms with Crippen LogP contribution in [0, 0.1) is 13.8 Å². The summed E-state index contributed by atoms with van der Waals surface area (Å²) in [6.45, 7) is 4.15. The van der Waals surface area contributed by atoms with Crippen molar-refractivity contribution >= 4 is 28.5 Å². The Balaban J connectivity index is 1.86. The first kappa shape index (κ1) is 16.5. The molecule has 1 heterocycles. The normalized spacial score (nSPS) is 11.0. The Hall–Kier alpha value is -2.34. The number of nitrogen functional groups attached to an aromatic ring is 1. The second kappa shape index (κ2) is 6.65. The van der Waals surface area contributed by atoms with Crippen molar-refractivity contribution in [1.29, 1.82) is 0 Å². The molecule has 5 nitrogen and oxygen atoms in total. The molecule has 0 saturated carbocycles. The average Bonchev–Trinajstić information content (AvgIpc) is 2.93. The monoisotopic (exact) mass is 343 g/mol. The van der Waals surface area contributed by atoms with Crippen LogP contribution in [0.5, 0.6) is 11.5 Å². The van der Waals surface area contributed by atoms with E-state index in [2.05, 4.69) is 29.9 Å².